The third-order valence-electron chi connectivity index (χ3n) is 6.07. The summed E-state index contributed by atoms with van der Waals surface area (Å²) in [5, 5.41) is 12.2. The van der Waals surface area contributed by atoms with E-state index in [4.69, 9.17) is 9.47 Å². The van der Waals surface area contributed by atoms with E-state index in [1.54, 1.807) is 11.8 Å². The van der Waals surface area contributed by atoms with Crippen molar-refractivity contribution in [3.63, 3.8) is 0 Å². The highest BCUT2D eigenvalue weighted by atomic mass is 32.2. The fraction of sp³-hybridized carbons (Fsp3) is 0.321. The van der Waals surface area contributed by atoms with Gasteiger partial charge in [0.05, 0.1) is 18.8 Å². The van der Waals surface area contributed by atoms with Crippen LogP contribution in [-0.4, -0.2) is 22.9 Å². The number of aliphatic hydroxyl groups excluding tert-OH is 1. The van der Waals surface area contributed by atoms with Crippen molar-refractivity contribution < 1.29 is 19.4 Å². The highest BCUT2D eigenvalue weighted by Gasteiger charge is 2.38. The van der Waals surface area contributed by atoms with Gasteiger partial charge in [0.2, 0.25) is 5.91 Å². The monoisotopic (exact) mass is 477 g/mol. The summed E-state index contributed by atoms with van der Waals surface area (Å²) >= 11 is 1.79. The molecule has 3 aromatic rings. The maximum Gasteiger partial charge on any atom is 0.217 e. The molecule has 0 saturated carbocycles. The summed E-state index contributed by atoms with van der Waals surface area (Å²) in [6.45, 7) is 4.21. The molecule has 1 heterocycles. The summed E-state index contributed by atoms with van der Waals surface area (Å²) in [7, 11) is 0. The van der Waals surface area contributed by atoms with Crippen molar-refractivity contribution in [3.8, 4) is 0 Å². The van der Waals surface area contributed by atoms with Gasteiger partial charge < -0.3 is 19.9 Å². The van der Waals surface area contributed by atoms with Gasteiger partial charge in [-0.2, -0.15) is 0 Å². The molecule has 178 valence electrons. The van der Waals surface area contributed by atoms with Crippen LogP contribution in [0.3, 0.4) is 0 Å². The van der Waals surface area contributed by atoms with Crippen LogP contribution in [0.5, 0.6) is 0 Å². The lowest BCUT2D eigenvalue weighted by Crippen LogP contribution is -2.38. The van der Waals surface area contributed by atoms with Crippen LogP contribution in [0.4, 0.5) is 0 Å². The Balaban J connectivity index is 1.54. The Morgan fingerprint density at radius 2 is 1.56 bits per heavy atom. The molecule has 1 aliphatic rings. The van der Waals surface area contributed by atoms with Gasteiger partial charge in [0, 0.05) is 35.6 Å². The van der Waals surface area contributed by atoms with Gasteiger partial charge >= 0.3 is 0 Å². The van der Waals surface area contributed by atoms with Gasteiger partial charge in [0.15, 0.2) is 6.29 Å². The number of carbonyl (C=O) groups is 1. The average molecular weight is 478 g/mol. The standard InChI is InChI=1S/C28H31NO4S/c1-19-26(18-34-25-6-4-3-5-7-25)32-28(24-14-8-21(9-15-24)16-29-20(2)31)33-27(19)23-12-10-22(17-30)11-13-23/h3-15,19,26-28,30H,16-18H2,1-2H3,(H,29,31)/t19-,26+,27+,28+/m0/s1. The molecule has 4 rings (SSSR count). The number of rotatable bonds is 8. The van der Waals surface area contributed by atoms with Gasteiger partial charge in [-0.05, 0) is 28.8 Å². The third kappa shape index (κ3) is 6.27. The van der Waals surface area contributed by atoms with Gasteiger partial charge in [0.1, 0.15) is 0 Å². The number of thioether (sulfide) groups is 1. The van der Waals surface area contributed by atoms with Crippen molar-refractivity contribution in [2.45, 2.75) is 50.4 Å². The Hall–Kier alpha value is -2.64. The lowest BCUT2D eigenvalue weighted by atomic mass is 9.91. The van der Waals surface area contributed by atoms with E-state index in [-0.39, 0.29) is 30.6 Å². The lowest BCUT2D eigenvalue weighted by molar-refractivity contribution is -0.268. The number of hydrogen-bond acceptors (Lipinski definition) is 5. The van der Waals surface area contributed by atoms with Crippen molar-refractivity contribution in [2.75, 3.05) is 5.75 Å². The zero-order chi connectivity index (χ0) is 23.9. The Labute approximate surface area is 205 Å². The third-order valence-corrected chi connectivity index (χ3v) is 7.17. The fourth-order valence-corrected chi connectivity index (χ4v) is 5.11. The Bertz CT molecular complexity index is 1060. The van der Waals surface area contributed by atoms with Gasteiger partial charge in [-0.3, -0.25) is 4.79 Å². The van der Waals surface area contributed by atoms with Crippen molar-refractivity contribution in [2.24, 2.45) is 5.92 Å². The minimum absolute atomic E-state index is 0.00877. The van der Waals surface area contributed by atoms with E-state index in [9.17, 15) is 9.90 Å². The van der Waals surface area contributed by atoms with E-state index in [2.05, 4.69) is 24.4 Å². The molecule has 1 saturated heterocycles. The molecule has 4 atom stereocenters. The van der Waals surface area contributed by atoms with E-state index in [0.29, 0.717) is 6.54 Å². The van der Waals surface area contributed by atoms with E-state index in [1.165, 1.54) is 11.8 Å². The maximum absolute atomic E-state index is 11.2. The zero-order valence-electron chi connectivity index (χ0n) is 19.5. The average Bonchev–Trinajstić information content (AvgIpc) is 2.88. The minimum Gasteiger partial charge on any atom is -0.392 e. The molecule has 3 aromatic carbocycles. The molecule has 1 amide bonds. The minimum atomic E-state index is -0.491. The SMILES string of the molecule is CC(=O)NCc1ccc([C@@H]2O[C@H](CSc3ccccc3)[C@H](C)[C@H](c3ccc(CO)cc3)O2)cc1. The molecule has 0 aromatic heterocycles. The summed E-state index contributed by atoms with van der Waals surface area (Å²) in [6, 6.07) is 26.3. The Kier molecular flexibility index (Phi) is 8.40. The Morgan fingerprint density at radius 1 is 0.912 bits per heavy atom. The molecule has 1 aliphatic heterocycles. The molecule has 34 heavy (non-hydrogen) atoms. The van der Waals surface area contributed by atoms with Gasteiger partial charge in [-0.1, -0.05) is 73.7 Å². The molecular weight excluding hydrogens is 446 g/mol. The first-order valence-corrected chi connectivity index (χ1v) is 12.5. The summed E-state index contributed by atoms with van der Waals surface area (Å²) in [5.41, 5.74) is 3.93. The van der Waals surface area contributed by atoms with Crippen LogP contribution >= 0.6 is 11.8 Å². The molecule has 2 N–H and O–H groups in total. The second-order valence-corrected chi connectivity index (χ2v) is 9.69. The maximum atomic E-state index is 11.2. The van der Waals surface area contributed by atoms with Crippen molar-refractivity contribution in [1.29, 1.82) is 0 Å². The fourth-order valence-electron chi connectivity index (χ4n) is 4.02. The summed E-state index contributed by atoms with van der Waals surface area (Å²) in [6.07, 6.45) is -0.632. The number of nitrogens with one attached hydrogen (secondary N) is 1. The van der Waals surface area contributed by atoms with E-state index >= 15 is 0 Å². The second-order valence-electron chi connectivity index (χ2n) is 8.60. The molecule has 0 aliphatic carbocycles. The van der Waals surface area contributed by atoms with Crippen LogP contribution in [-0.2, 0) is 27.4 Å². The number of aliphatic hydroxyl groups is 1. The first kappa shape index (κ1) is 24.5. The molecule has 0 bridgehead atoms. The lowest BCUT2D eigenvalue weighted by Gasteiger charge is -2.41. The van der Waals surface area contributed by atoms with E-state index in [0.717, 1.165) is 28.0 Å². The van der Waals surface area contributed by atoms with Crippen LogP contribution in [0.15, 0.2) is 83.8 Å². The zero-order valence-corrected chi connectivity index (χ0v) is 20.3. The quantitative estimate of drug-likeness (QED) is 0.425. The summed E-state index contributed by atoms with van der Waals surface area (Å²) < 4.78 is 13.0. The second kappa shape index (κ2) is 11.7. The van der Waals surface area contributed by atoms with Crippen LogP contribution in [0, 0.1) is 5.92 Å². The van der Waals surface area contributed by atoms with Crippen LogP contribution in [0.25, 0.3) is 0 Å². The van der Waals surface area contributed by atoms with E-state index < -0.39 is 6.29 Å². The molecule has 0 radical (unpaired) electrons. The van der Waals surface area contributed by atoms with Crippen LogP contribution in [0.2, 0.25) is 0 Å². The predicted molar refractivity (Wildman–Crippen MR) is 134 cm³/mol. The van der Waals surface area contributed by atoms with Crippen LogP contribution in [0.1, 0.15) is 48.5 Å². The number of benzene rings is 3. The summed E-state index contributed by atoms with van der Waals surface area (Å²) in [4.78, 5) is 12.4. The van der Waals surface area contributed by atoms with Crippen molar-refractivity contribution in [3.05, 3.63) is 101 Å². The normalized spacial score (nSPS) is 22.3. The molecule has 6 heteroatoms. The largest absolute Gasteiger partial charge is 0.392 e. The highest BCUT2D eigenvalue weighted by molar-refractivity contribution is 7.99. The van der Waals surface area contributed by atoms with Gasteiger partial charge in [0.25, 0.3) is 0 Å². The molecule has 5 nitrogen and oxygen atoms in total. The number of ether oxygens (including phenoxy) is 2. The predicted octanol–water partition coefficient (Wildman–Crippen LogP) is 5.40. The topological polar surface area (TPSA) is 67.8 Å². The highest BCUT2D eigenvalue weighted by Crippen LogP contribution is 2.43. The smallest absolute Gasteiger partial charge is 0.217 e. The molecular formula is C28H31NO4S. The summed E-state index contributed by atoms with van der Waals surface area (Å²) in [5.74, 6) is 0.911. The number of carbonyl (C=O) groups excluding carboxylic acids is 1. The Morgan fingerprint density at radius 3 is 2.21 bits per heavy atom. The number of hydrogen-bond donors (Lipinski definition) is 2. The first-order valence-electron chi connectivity index (χ1n) is 11.5. The van der Waals surface area contributed by atoms with Crippen molar-refractivity contribution in [1.82, 2.24) is 5.32 Å². The molecule has 1 fully saturated rings. The molecule has 0 spiro atoms. The first-order chi connectivity index (χ1) is 16.5. The van der Waals surface area contributed by atoms with Crippen molar-refractivity contribution >= 4 is 17.7 Å². The molecule has 0 unspecified atom stereocenters. The van der Waals surface area contributed by atoms with Gasteiger partial charge in [-0.15, -0.1) is 11.8 Å². The van der Waals surface area contributed by atoms with Crippen LogP contribution < -0.4 is 5.32 Å². The number of amides is 1. The van der Waals surface area contributed by atoms with E-state index in [1.807, 2.05) is 66.7 Å². The van der Waals surface area contributed by atoms with Gasteiger partial charge in [-0.25, -0.2) is 0 Å².